The predicted molar refractivity (Wildman–Crippen MR) is 100 cm³/mol. The van der Waals surface area contributed by atoms with Crippen LogP contribution in [0.15, 0.2) is 53.7 Å². The highest BCUT2D eigenvalue weighted by molar-refractivity contribution is 7.89. The van der Waals surface area contributed by atoms with Crippen LogP contribution in [0.4, 0.5) is 0 Å². The maximum atomic E-state index is 12.3. The van der Waals surface area contributed by atoms with Crippen molar-refractivity contribution < 1.29 is 8.42 Å². The van der Waals surface area contributed by atoms with Gasteiger partial charge in [-0.05, 0) is 43.7 Å². The summed E-state index contributed by atoms with van der Waals surface area (Å²) in [5.41, 5.74) is 1.87. The Labute approximate surface area is 155 Å². The highest BCUT2D eigenvalue weighted by Gasteiger charge is 2.15. The lowest BCUT2D eigenvalue weighted by molar-refractivity contribution is 0.581. The molecule has 0 aliphatic carbocycles. The zero-order valence-corrected chi connectivity index (χ0v) is 15.8. The highest BCUT2D eigenvalue weighted by atomic mass is 35.5. The standard InChI is InChI=1S/C17H16ClN3O2S2/c1-12-16(24-17(21-12)13-4-3-8-19-11-13)7-9-20-25(22,23)15-6-2-5-14(18)10-15/h2-6,8,10-11,20H,7,9H2,1H3. The summed E-state index contributed by atoms with van der Waals surface area (Å²) in [4.78, 5) is 9.86. The van der Waals surface area contributed by atoms with Gasteiger partial charge in [0.25, 0.3) is 0 Å². The fourth-order valence-electron chi connectivity index (χ4n) is 2.29. The molecule has 0 saturated heterocycles. The zero-order chi connectivity index (χ0) is 17.9. The molecule has 0 fully saturated rings. The molecule has 3 aromatic rings. The molecule has 1 N–H and O–H groups in total. The molecule has 25 heavy (non-hydrogen) atoms. The number of nitrogens with one attached hydrogen (secondary N) is 1. The van der Waals surface area contributed by atoms with Gasteiger partial charge >= 0.3 is 0 Å². The molecule has 0 bridgehead atoms. The van der Waals surface area contributed by atoms with Gasteiger partial charge in [0, 0.05) is 34.4 Å². The van der Waals surface area contributed by atoms with Gasteiger partial charge in [0.2, 0.25) is 10.0 Å². The number of thiazole rings is 1. The molecular formula is C17H16ClN3O2S2. The van der Waals surface area contributed by atoms with E-state index in [2.05, 4.69) is 14.7 Å². The van der Waals surface area contributed by atoms with Crippen molar-refractivity contribution in [2.75, 3.05) is 6.54 Å². The van der Waals surface area contributed by atoms with Crippen LogP contribution in [0.5, 0.6) is 0 Å². The number of hydrogen-bond acceptors (Lipinski definition) is 5. The van der Waals surface area contributed by atoms with Crippen molar-refractivity contribution in [3.8, 4) is 10.6 Å². The third-order valence-corrected chi connectivity index (χ3v) is 6.51. The molecule has 2 heterocycles. The van der Waals surface area contributed by atoms with E-state index in [-0.39, 0.29) is 4.90 Å². The number of halogens is 1. The van der Waals surface area contributed by atoms with Crippen LogP contribution in [0.3, 0.4) is 0 Å². The SMILES string of the molecule is Cc1nc(-c2cccnc2)sc1CCNS(=O)(=O)c1cccc(Cl)c1. The third-order valence-electron chi connectivity index (χ3n) is 3.55. The molecular weight excluding hydrogens is 378 g/mol. The number of hydrogen-bond donors (Lipinski definition) is 1. The monoisotopic (exact) mass is 393 g/mol. The second-order valence-electron chi connectivity index (χ2n) is 5.37. The molecule has 3 rings (SSSR count). The smallest absolute Gasteiger partial charge is 0.240 e. The summed E-state index contributed by atoms with van der Waals surface area (Å²) in [5, 5.41) is 1.28. The number of nitrogens with zero attached hydrogens (tertiary/aromatic N) is 2. The van der Waals surface area contributed by atoms with E-state index in [9.17, 15) is 8.42 Å². The normalized spacial score (nSPS) is 11.6. The van der Waals surface area contributed by atoms with Crippen molar-refractivity contribution in [1.82, 2.24) is 14.7 Å². The summed E-state index contributed by atoms with van der Waals surface area (Å²) < 4.78 is 27.2. The van der Waals surface area contributed by atoms with Gasteiger partial charge in [-0.15, -0.1) is 11.3 Å². The second kappa shape index (κ2) is 7.61. The molecule has 0 spiro atoms. The van der Waals surface area contributed by atoms with Gasteiger partial charge in [-0.3, -0.25) is 4.98 Å². The molecule has 5 nitrogen and oxygen atoms in total. The largest absolute Gasteiger partial charge is 0.264 e. The van der Waals surface area contributed by atoms with E-state index in [1.807, 2.05) is 19.1 Å². The average Bonchev–Trinajstić information content (AvgIpc) is 2.97. The molecule has 0 aliphatic rings. The lowest BCUT2D eigenvalue weighted by Gasteiger charge is -2.06. The van der Waals surface area contributed by atoms with Crippen LogP contribution in [0.25, 0.3) is 10.6 Å². The summed E-state index contributed by atoms with van der Waals surface area (Å²) in [5.74, 6) is 0. The van der Waals surface area contributed by atoms with Crippen LogP contribution in [0.2, 0.25) is 5.02 Å². The summed E-state index contributed by atoms with van der Waals surface area (Å²) in [7, 11) is -3.57. The van der Waals surface area contributed by atoms with Crippen molar-refractivity contribution >= 4 is 33.0 Å². The summed E-state index contributed by atoms with van der Waals surface area (Å²) in [6, 6.07) is 10.0. The van der Waals surface area contributed by atoms with Crippen molar-refractivity contribution in [1.29, 1.82) is 0 Å². The van der Waals surface area contributed by atoms with Gasteiger partial charge < -0.3 is 0 Å². The number of aryl methyl sites for hydroxylation is 1. The minimum atomic E-state index is -3.57. The molecule has 1 aromatic carbocycles. The van der Waals surface area contributed by atoms with Crippen molar-refractivity contribution in [3.05, 3.63) is 64.4 Å². The van der Waals surface area contributed by atoms with Crippen LogP contribution < -0.4 is 4.72 Å². The Morgan fingerprint density at radius 1 is 1.24 bits per heavy atom. The maximum absolute atomic E-state index is 12.3. The molecule has 2 aromatic heterocycles. The summed E-state index contributed by atoms with van der Waals surface area (Å²) in [6.45, 7) is 2.22. The molecule has 0 amide bonds. The second-order valence-corrected chi connectivity index (χ2v) is 8.66. The Bertz CT molecular complexity index is 973. The first-order valence-electron chi connectivity index (χ1n) is 7.57. The Kier molecular flexibility index (Phi) is 5.48. The van der Waals surface area contributed by atoms with Crippen molar-refractivity contribution in [2.45, 2.75) is 18.2 Å². The van der Waals surface area contributed by atoms with Gasteiger partial charge in [-0.25, -0.2) is 18.1 Å². The van der Waals surface area contributed by atoms with E-state index in [0.29, 0.717) is 18.0 Å². The first kappa shape index (κ1) is 18.0. The van der Waals surface area contributed by atoms with E-state index in [0.717, 1.165) is 21.1 Å². The number of aromatic nitrogens is 2. The Balaban J connectivity index is 1.67. The van der Waals surface area contributed by atoms with Crippen LogP contribution in [0.1, 0.15) is 10.6 Å². The van der Waals surface area contributed by atoms with Crippen molar-refractivity contribution in [3.63, 3.8) is 0 Å². The number of rotatable bonds is 6. The fourth-order valence-corrected chi connectivity index (χ4v) is 4.67. The first-order valence-corrected chi connectivity index (χ1v) is 10.3. The van der Waals surface area contributed by atoms with Crippen LogP contribution in [0, 0.1) is 6.92 Å². The van der Waals surface area contributed by atoms with Gasteiger partial charge in [-0.2, -0.15) is 0 Å². The predicted octanol–water partition coefficient (Wildman–Crippen LogP) is 3.69. The Morgan fingerprint density at radius 3 is 2.80 bits per heavy atom. The van der Waals surface area contributed by atoms with Gasteiger partial charge in [-0.1, -0.05) is 17.7 Å². The molecule has 0 radical (unpaired) electrons. The molecule has 0 atom stereocenters. The van der Waals surface area contributed by atoms with Gasteiger partial charge in [0.15, 0.2) is 0 Å². The Morgan fingerprint density at radius 2 is 2.08 bits per heavy atom. The number of pyridine rings is 1. The van der Waals surface area contributed by atoms with Gasteiger partial charge in [0.05, 0.1) is 10.6 Å². The average molecular weight is 394 g/mol. The highest BCUT2D eigenvalue weighted by Crippen LogP contribution is 2.27. The third kappa shape index (κ3) is 4.43. The van der Waals surface area contributed by atoms with E-state index < -0.39 is 10.0 Å². The van der Waals surface area contributed by atoms with Crippen LogP contribution in [-0.4, -0.2) is 24.9 Å². The Hall–Kier alpha value is -1.80. The molecule has 0 aliphatic heterocycles. The molecule has 130 valence electrons. The fraction of sp³-hybridized carbons (Fsp3) is 0.176. The van der Waals surface area contributed by atoms with Gasteiger partial charge in [0.1, 0.15) is 5.01 Å². The molecule has 8 heteroatoms. The molecule has 0 unspecified atom stereocenters. The quantitative estimate of drug-likeness (QED) is 0.693. The van der Waals surface area contributed by atoms with Crippen LogP contribution in [-0.2, 0) is 16.4 Å². The lowest BCUT2D eigenvalue weighted by Crippen LogP contribution is -2.25. The lowest BCUT2D eigenvalue weighted by atomic mass is 10.3. The van der Waals surface area contributed by atoms with E-state index >= 15 is 0 Å². The number of sulfonamides is 1. The summed E-state index contributed by atoms with van der Waals surface area (Å²) in [6.07, 6.45) is 4.06. The zero-order valence-electron chi connectivity index (χ0n) is 13.4. The minimum Gasteiger partial charge on any atom is -0.264 e. The summed E-state index contributed by atoms with van der Waals surface area (Å²) >= 11 is 7.41. The van der Waals surface area contributed by atoms with E-state index in [1.54, 1.807) is 35.9 Å². The maximum Gasteiger partial charge on any atom is 0.240 e. The number of benzene rings is 1. The van der Waals surface area contributed by atoms with E-state index in [4.69, 9.17) is 11.6 Å². The van der Waals surface area contributed by atoms with Crippen molar-refractivity contribution in [2.24, 2.45) is 0 Å². The first-order chi connectivity index (χ1) is 12.0. The molecule has 0 saturated carbocycles. The van der Waals surface area contributed by atoms with Crippen LogP contribution >= 0.6 is 22.9 Å². The van der Waals surface area contributed by atoms with E-state index in [1.165, 1.54) is 12.1 Å². The topological polar surface area (TPSA) is 72.0 Å². The minimum absolute atomic E-state index is 0.164.